The summed E-state index contributed by atoms with van der Waals surface area (Å²) in [5, 5.41) is 59.6. The molecule has 6 aromatic carbocycles. The molecule has 0 unspecified atom stereocenters. The second-order valence-electron chi connectivity index (χ2n) is 21.2. The van der Waals surface area contributed by atoms with Crippen LogP contribution in [0.15, 0.2) is 97.1 Å². The van der Waals surface area contributed by atoms with Gasteiger partial charge >= 0.3 is 35.8 Å². The van der Waals surface area contributed by atoms with E-state index >= 15 is 0 Å². The molecular formula is C61H60O18. The molecule has 6 N–H and O–H groups in total. The highest BCUT2D eigenvalue weighted by Gasteiger charge is 2.34. The Morgan fingerprint density at radius 2 is 0.494 bits per heavy atom. The van der Waals surface area contributed by atoms with Crippen molar-refractivity contribution in [2.45, 2.75) is 83.5 Å². The molecule has 8 rings (SSSR count). The molecule has 0 spiro atoms. The van der Waals surface area contributed by atoms with Gasteiger partial charge in [-0.3, -0.25) is 0 Å². The van der Waals surface area contributed by atoms with Crippen molar-refractivity contribution in [3.05, 3.63) is 175 Å². The number of hydrogen-bond acceptors (Lipinski definition) is 12. The van der Waals surface area contributed by atoms with E-state index in [4.69, 9.17) is 28.4 Å². The maximum Gasteiger partial charge on any atom is 0.341 e. The summed E-state index contributed by atoms with van der Waals surface area (Å²) < 4.78 is 36.5. The van der Waals surface area contributed by atoms with Crippen LogP contribution in [0.2, 0.25) is 0 Å². The van der Waals surface area contributed by atoms with Crippen LogP contribution in [0.1, 0.15) is 119 Å². The first-order valence-electron chi connectivity index (χ1n) is 25.2. The molecular weight excluding hydrogens is 1020 g/mol. The number of carboxylic acid groups (broad SMARTS) is 6. The zero-order chi connectivity index (χ0) is 57.1. The molecule has 0 saturated heterocycles. The minimum Gasteiger partial charge on any atom is -0.482 e. The first-order valence-corrected chi connectivity index (χ1v) is 25.2. The maximum atomic E-state index is 12.5. The van der Waals surface area contributed by atoms with E-state index in [1.54, 1.807) is 48.5 Å². The van der Waals surface area contributed by atoms with E-state index in [9.17, 15) is 59.4 Å². The number of carboxylic acids is 6. The molecule has 0 saturated carbocycles. The highest BCUT2D eigenvalue weighted by atomic mass is 16.5. The Kier molecular flexibility index (Phi) is 16.0. The fraction of sp³-hybridized carbons (Fsp3) is 0.311. The molecule has 2 aliphatic carbocycles. The van der Waals surface area contributed by atoms with Crippen LogP contribution in [0.3, 0.4) is 0 Å². The van der Waals surface area contributed by atoms with Crippen LogP contribution in [0.25, 0.3) is 0 Å². The van der Waals surface area contributed by atoms with Crippen molar-refractivity contribution in [1.29, 1.82) is 0 Å². The summed E-state index contributed by atoms with van der Waals surface area (Å²) in [7, 11) is 0. The third-order valence-corrected chi connectivity index (χ3v) is 14.7. The number of fused-ring (bicyclic) bond motifs is 12. The van der Waals surface area contributed by atoms with Crippen molar-refractivity contribution in [2.75, 3.05) is 39.6 Å². The Bertz CT molecular complexity index is 3010. The Morgan fingerprint density at radius 3 is 0.709 bits per heavy atom. The molecule has 79 heavy (non-hydrogen) atoms. The third kappa shape index (κ3) is 12.5. The number of ether oxygens (including phenoxy) is 6. The van der Waals surface area contributed by atoms with E-state index in [1.165, 1.54) is 0 Å². The highest BCUT2D eigenvalue weighted by molar-refractivity contribution is 5.72. The summed E-state index contributed by atoms with van der Waals surface area (Å²) >= 11 is 0. The predicted molar refractivity (Wildman–Crippen MR) is 285 cm³/mol. The van der Waals surface area contributed by atoms with Crippen molar-refractivity contribution in [3.8, 4) is 34.5 Å². The Labute approximate surface area is 454 Å². The molecule has 0 aromatic heterocycles. The van der Waals surface area contributed by atoms with Crippen LogP contribution in [-0.2, 0) is 70.7 Å². The van der Waals surface area contributed by atoms with Crippen molar-refractivity contribution in [1.82, 2.24) is 0 Å². The quantitative estimate of drug-likeness (QED) is 0.0471. The van der Waals surface area contributed by atoms with Gasteiger partial charge in [0, 0.05) is 41.9 Å². The van der Waals surface area contributed by atoms with Crippen molar-refractivity contribution < 1.29 is 87.8 Å². The standard InChI is InChI=1S/C61H60O18/c1-59(2)41-7-11-47(74-27-51(62)63)33(19-41)15-37-23-45-25-39(57(37)78-31-55(70)71)17-35-21-43(9-13-49(35)76-29-53(66)67)60(3,4)44-10-14-50(77-30-54(68)69)36(22-44)18-40-26-46(61(45,5)6)24-38(58(40)79-32-56(72)73)16-34-20-42(59)8-12-48(34)75-28-52(64)65/h7-14,19-26H,15-18,27-32H2,1-6H3,(H,62,63)(H,64,65)(H,66,67)(H,68,69)(H,70,71)(H,72,73). The van der Waals surface area contributed by atoms with Gasteiger partial charge in [0.15, 0.2) is 39.6 Å². The van der Waals surface area contributed by atoms with E-state index in [1.807, 2.05) is 90.1 Å². The number of carbonyl (C=O) groups is 6. The van der Waals surface area contributed by atoms with Gasteiger partial charge in [0.1, 0.15) is 34.5 Å². The van der Waals surface area contributed by atoms with Crippen LogP contribution in [0, 0.1) is 0 Å². The lowest BCUT2D eigenvalue weighted by Crippen LogP contribution is -2.23. The van der Waals surface area contributed by atoms with Crippen molar-refractivity contribution in [2.24, 2.45) is 0 Å². The van der Waals surface area contributed by atoms with E-state index in [-0.39, 0.29) is 60.2 Å². The number of benzene rings is 6. The van der Waals surface area contributed by atoms with Crippen molar-refractivity contribution in [3.63, 3.8) is 0 Å². The third-order valence-electron chi connectivity index (χ3n) is 14.7. The Morgan fingerprint density at radius 1 is 0.304 bits per heavy atom. The first kappa shape index (κ1) is 56.2. The van der Waals surface area contributed by atoms with Crippen LogP contribution >= 0.6 is 0 Å². The number of rotatable bonds is 18. The van der Waals surface area contributed by atoms with Gasteiger partial charge in [-0.2, -0.15) is 0 Å². The first-order chi connectivity index (χ1) is 37.3. The van der Waals surface area contributed by atoms with Gasteiger partial charge in [0.05, 0.1) is 0 Å². The Balaban J connectivity index is 1.54. The second kappa shape index (κ2) is 22.5. The lowest BCUT2D eigenvalue weighted by atomic mass is 9.73. The van der Waals surface area contributed by atoms with E-state index < -0.39 is 91.7 Å². The fourth-order valence-electron chi connectivity index (χ4n) is 10.3. The van der Waals surface area contributed by atoms with Gasteiger partial charge in [-0.05, 0) is 102 Å². The number of aliphatic carboxylic acids is 6. The fourth-order valence-corrected chi connectivity index (χ4v) is 10.3. The molecule has 0 atom stereocenters. The van der Waals surface area contributed by atoms with E-state index in [2.05, 4.69) is 0 Å². The van der Waals surface area contributed by atoms with Gasteiger partial charge < -0.3 is 59.1 Å². The van der Waals surface area contributed by atoms with Gasteiger partial charge in [-0.1, -0.05) is 114 Å². The highest BCUT2D eigenvalue weighted by Crippen LogP contribution is 2.46. The minimum absolute atomic E-state index is 0.000364. The van der Waals surface area contributed by atoms with Gasteiger partial charge in [-0.25, -0.2) is 28.8 Å². The van der Waals surface area contributed by atoms with Gasteiger partial charge in [-0.15, -0.1) is 0 Å². The average molecular weight is 1080 g/mol. The molecule has 14 bridgehead atoms. The molecule has 6 aromatic rings. The summed E-state index contributed by atoms with van der Waals surface area (Å²) in [5.41, 5.74) is 5.48. The molecule has 2 aliphatic rings. The predicted octanol–water partition coefficient (Wildman–Crippen LogP) is 8.43. The Hall–Kier alpha value is -9.06. The maximum absolute atomic E-state index is 12.5. The molecule has 412 valence electrons. The normalized spacial score (nSPS) is 14.5. The zero-order valence-electron chi connectivity index (χ0n) is 44.4. The van der Waals surface area contributed by atoms with E-state index in [0.29, 0.717) is 55.6 Å². The van der Waals surface area contributed by atoms with Crippen LogP contribution in [0.4, 0.5) is 0 Å². The van der Waals surface area contributed by atoms with E-state index in [0.717, 1.165) is 22.3 Å². The summed E-state index contributed by atoms with van der Waals surface area (Å²) in [6, 6.07) is 29.0. The zero-order valence-corrected chi connectivity index (χ0v) is 44.4. The molecule has 0 amide bonds. The van der Waals surface area contributed by atoms with Crippen molar-refractivity contribution >= 4 is 35.8 Å². The van der Waals surface area contributed by atoms with Gasteiger partial charge in [0.2, 0.25) is 0 Å². The SMILES string of the molecule is CC1(C)c2ccc(OCC(=O)O)c(c2)Cc2cc3cc(c2OCC(=O)O)Cc2cc(ccc2OCC(=O)O)C(C)(C)c2ccc(OCC(=O)O)c(c2)Cc2cc(cc(c2OCC(=O)O)Cc2cc1ccc2OCC(=O)O)C3(C)C. The molecule has 0 radical (unpaired) electrons. The van der Waals surface area contributed by atoms with Crippen LogP contribution in [-0.4, -0.2) is 106 Å². The molecule has 0 heterocycles. The smallest absolute Gasteiger partial charge is 0.341 e. The summed E-state index contributed by atoms with van der Waals surface area (Å²) in [6.45, 7) is 7.52. The molecule has 18 heteroatoms. The summed E-state index contributed by atoms with van der Waals surface area (Å²) in [4.78, 5) is 73.1. The topological polar surface area (TPSA) is 279 Å². The minimum atomic E-state index is -1.27. The number of hydrogen-bond donors (Lipinski definition) is 6. The van der Waals surface area contributed by atoms with Gasteiger partial charge in [0.25, 0.3) is 0 Å². The molecule has 18 nitrogen and oxygen atoms in total. The second-order valence-corrected chi connectivity index (χ2v) is 21.2. The monoisotopic (exact) mass is 1080 g/mol. The molecule has 0 aliphatic heterocycles. The summed E-state index contributed by atoms with van der Waals surface area (Å²) in [6.07, 6.45) is -0.00146. The lowest BCUT2D eigenvalue weighted by molar-refractivity contribution is -0.140. The van der Waals surface area contributed by atoms with Crippen LogP contribution < -0.4 is 28.4 Å². The van der Waals surface area contributed by atoms with Crippen LogP contribution in [0.5, 0.6) is 34.5 Å². The molecule has 0 fully saturated rings. The average Bonchev–Trinajstić information content (AvgIpc) is 3.50. The lowest BCUT2D eigenvalue weighted by Gasteiger charge is -2.32. The largest absolute Gasteiger partial charge is 0.482 e. The summed E-state index contributed by atoms with van der Waals surface area (Å²) in [5.74, 6) is -6.14.